The fourth-order valence-corrected chi connectivity index (χ4v) is 1.49. The van der Waals surface area contributed by atoms with Crippen LogP contribution in [0.2, 0.25) is 0 Å². The van der Waals surface area contributed by atoms with E-state index in [0.717, 1.165) is 12.6 Å². The summed E-state index contributed by atoms with van der Waals surface area (Å²) in [6.45, 7) is 2.73. The molecular formula is C12H14FN5O. The Morgan fingerprint density at radius 1 is 1.21 bits per heavy atom. The summed E-state index contributed by atoms with van der Waals surface area (Å²) in [5.74, 6) is 0.00773. The van der Waals surface area contributed by atoms with Gasteiger partial charge in [0.15, 0.2) is 11.5 Å². The topological polar surface area (TPSA) is 72.8 Å². The van der Waals surface area contributed by atoms with Crippen molar-refractivity contribution >= 4 is 5.95 Å². The molecule has 19 heavy (non-hydrogen) atoms. The third kappa shape index (κ3) is 2.93. The fraction of sp³-hybridized carbons (Fsp3) is 0.333. The van der Waals surface area contributed by atoms with Crippen molar-refractivity contribution in [1.29, 1.82) is 0 Å². The SMILES string of the molecule is CCCNc1ncc(F)c(-c2nccnc2OC)n1. The van der Waals surface area contributed by atoms with Crippen LogP contribution in [0, 0.1) is 5.82 Å². The molecular weight excluding hydrogens is 249 g/mol. The molecule has 0 saturated heterocycles. The lowest BCUT2D eigenvalue weighted by Crippen LogP contribution is -2.07. The molecule has 6 nitrogen and oxygen atoms in total. The van der Waals surface area contributed by atoms with Crippen LogP contribution < -0.4 is 10.1 Å². The molecule has 1 N–H and O–H groups in total. The van der Waals surface area contributed by atoms with Gasteiger partial charge < -0.3 is 10.1 Å². The van der Waals surface area contributed by atoms with Gasteiger partial charge in [0.1, 0.15) is 5.69 Å². The number of nitrogens with zero attached hydrogens (tertiary/aromatic N) is 4. The lowest BCUT2D eigenvalue weighted by atomic mass is 10.3. The predicted molar refractivity (Wildman–Crippen MR) is 68.3 cm³/mol. The first kappa shape index (κ1) is 13.1. The molecule has 0 aliphatic carbocycles. The molecule has 0 aliphatic heterocycles. The standard InChI is InChI=1S/C12H14FN5O/c1-3-4-16-12-17-7-8(13)9(18-12)10-11(19-2)15-6-5-14-10/h5-7H,3-4H2,1-2H3,(H,16,17,18). The van der Waals surface area contributed by atoms with Crippen molar-refractivity contribution in [3.05, 3.63) is 24.4 Å². The van der Waals surface area contributed by atoms with E-state index in [9.17, 15) is 4.39 Å². The highest BCUT2D eigenvalue weighted by Crippen LogP contribution is 2.25. The summed E-state index contributed by atoms with van der Waals surface area (Å²) in [4.78, 5) is 16.0. The minimum Gasteiger partial charge on any atom is -0.479 e. The number of nitrogens with one attached hydrogen (secondary N) is 1. The molecule has 0 radical (unpaired) electrons. The summed E-state index contributed by atoms with van der Waals surface area (Å²) < 4.78 is 18.9. The Bertz CT molecular complexity index is 564. The van der Waals surface area contributed by atoms with Crippen LogP contribution in [0.4, 0.5) is 10.3 Å². The molecule has 0 bridgehead atoms. The second kappa shape index (κ2) is 6.03. The molecule has 0 amide bonds. The third-order valence-electron chi connectivity index (χ3n) is 2.36. The first-order chi connectivity index (χ1) is 9.26. The van der Waals surface area contributed by atoms with Crippen LogP contribution in [0.3, 0.4) is 0 Å². The third-order valence-corrected chi connectivity index (χ3v) is 2.36. The van der Waals surface area contributed by atoms with E-state index in [1.807, 2.05) is 6.92 Å². The average molecular weight is 263 g/mol. The fourth-order valence-electron chi connectivity index (χ4n) is 1.49. The highest BCUT2D eigenvalue weighted by molar-refractivity contribution is 5.61. The van der Waals surface area contributed by atoms with Crippen molar-refractivity contribution in [2.24, 2.45) is 0 Å². The zero-order valence-corrected chi connectivity index (χ0v) is 10.7. The lowest BCUT2D eigenvalue weighted by molar-refractivity contribution is 0.397. The maximum Gasteiger partial charge on any atom is 0.242 e. The first-order valence-electron chi connectivity index (χ1n) is 5.88. The van der Waals surface area contributed by atoms with Crippen molar-refractivity contribution in [2.75, 3.05) is 19.0 Å². The minimum absolute atomic E-state index is 0.0681. The summed E-state index contributed by atoms with van der Waals surface area (Å²) in [6.07, 6.45) is 4.95. The van der Waals surface area contributed by atoms with Gasteiger partial charge in [-0.25, -0.2) is 24.3 Å². The normalized spacial score (nSPS) is 10.3. The minimum atomic E-state index is -0.569. The van der Waals surface area contributed by atoms with E-state index < -0.39 is 5.82 Å². The number of anilines is 1. The Morgan fingerprint density at radius 2 is 2.00 bits per heavy atom. The van der Waals surface area contributed by atoms with Gasteiger partial charge in [-0.3, -0.25) is 0 Å². The second-order valence-corrected chi connectivity index (χ2v) is 3.73. The summed E-state index contributed by atoms with van der Waals surface area (Å²) in [5, 5.41) is 2.99. The highest BCUT2D eigenvalue weighted by atomic mass is 19.1. The molecule has 0 aromatic carbocycles. The van der Waals surface area contributed by atoms with Crippen LogP contribution in [-0.2, 0) is 0 Å². The second-order valence-electron chi connectivity index (χ2n) is 3.73. The number of aromatic nitrogens is 4. The number of hydrogen-bond acceptors (Lipinski definition) is 6. The van der Waals surface area contributed by atoms with Gasteiger partial charge in [0.2, 0.25) is 11.8 Å². The van der Waals surface area contributed by atoms with Gasteiger partial charge in [-0.2, -0.15) is 0 Å². The Kier molecular flexibility index (Phi) is 4.17. The van der Waals surface area contributed by atoms with Gasteiger partial charge >= 0.3 is 0 Å². The van der Waals surface area contributed by atoms with Crippen LogP contribution in [-0.4, -0.2) is 33.6 Å². The zero-order chi connectivity index (χ0) is 13.7. The van der Waals surface area contributed by atoms with Crippen molar-refractivity contribution in [3.8, 4) is 17.3 Å². The van der Waals surface area contributed by atoms with E-state index in [4.69, 9.17) is 4.74 Å². The molecule has 2 aromatic rings. The van der Waals surface area contributed by atoms with E-state index in [0.29, 0.717) is 12.5 Å². The van der Waals surface area contributed by atoms with Crippen molar-refractivity contribution in [3.63, 3.8) is 0 Å². The number of ether oxygens (including phenoxy) is 1. The Morgan fingerprint density at radius 3 is 2.74 bits per heavy atom. The molecule has 0 unspecified atom stereocenters. The van der Waals surface area contributed by atoms with Crippen LogP contribution >= 0.6 is 0 Å². The van der Waals surface area contributed by atoms with E-state index in [2.05, 4.69) is 25.3 Å². The maximum absolute atomic E-state index is 13.8. The number of methoxy groups -OCH3 is 1. The molecule has 100 valence electrons. The molecule has 2 aromatic heterocycles. The number of hydrogen-bond donors (Lipinski definition) is 1. The summed E-state index contributed by atoms with van der Waals surface area (Å²) in [6, 6.07) is 0. The van der Waals surface area contributed by atoms with Gasteiger partial charge in [0.05, 0.1) is 13.3 Å². The Hall–Kier alpha value is -2.31. The molecule has 2 heterocycles. The summed E-state index contributed by atoms with van der Waals surface area (Å²) >= 11 is 0. The van der Waals surface area contributed by atoms with Crippen LogP contribution in [0.15, 0.2) is 18.6 Å². The number of halogens is 1. The molecule has 0 aliphatic rings. The van der Waals surface area contributed by atoms with E-state index in [-0.39, 0.29) is 17.3 Å². The quantitative estimate of drug-likeness (QED) is 0.888. The summed E-state index contributed by atoms with van der Waals surface area (Å²) in [7, 11) is 1.45. The van der Waals surface area contributed by atoms with Crippen LogP contribution in [0.25, 0.3) is 11.4 Å². The van der Waals surface area contributed by atoms with Crippen molar-refractivity contribution in [1.82, 2.24) is 19.9 Å². The molecule has 7 heteroatoms. The van der Waals surface area contributed by atoms with Gasteiger partial charge in [-0.15, -0.1) is 0 Å². The van der Waals surface area contributed by atoms with Gasteiger partial charge in [-0.1, -0.05) is 6.92 Å². The van der Waals surface area contributed by atoms with E-state index in [1.54, 1.807) is 0 Å². The molecule has 0 saturated carbocycles. The monoisotopic (exact) mass is 263 g/mol. The zero-order valence-electron chi connectivity index (χ0n) is 10.7. The maximum atomic E-state index is 13.8. The van der Waals surface area contributed by atoms with Gasteiger partial charge in [-0.05, 0) is 6.42 Å². The van der Waals surface area contributed by atoms with Crippen LogP contribution in [0.5, 0.6) is 5.88 Å². The largest absolute Gasteiger partial charge is 0.479 e. The molecule has 0 atom stereocenters. The Balaban J connectivity index is 2.42. The van der Waals surface area contributed by atoms with Crippen molar-refractivity contribution in [2.45, 2.75) is 13.3 Å². The lowest BCUT2D eigenvalue weighted by Gasteiger charge is -2.08. The van der Waals surface area contributed by atoms with Gasteiger partial charge in [0.25, 0.3) is 0 Å². The van der Waals surface area contributed by atoms with Gasteiger partial charge in [0, 0.05) is 18.9 Å². The van der Waals surface area contributed by atoms with E-state index in [1.165, 1.54) is 19.5 Å². The average Bonchev–Trinajstić information content (AvgIpc) is 2.46. The summed E-state index contributed by atoms with van der Waals surface area (Å²) in [5.41, 5.74) is 0.322. The number of rotatable bonds is 5. The highest BCUT2D eigenvalue weighted by Gasteiger charge is 2.16. The molecule has 0 spiro atoms. The predicted octanol–water partition coefficient (Wildman–Crippen LogP) is 1.90. The van der Waals surface area contributed by atoms with Crippen molar-refractivity contribution < 1.29 is 9.13 Å². The molecule has 2 rings (SSSR count). The van der Waals surface area contributed by atoms with Crippen LogP contribution in [0.1, 0.15) is 13.3 Å². The molecule has 0 fully saturated rings. The van der Waals surface area contributed by atoms with E-state index >= 15 is 0 Å². The Labute approximate surface area is 110 Å². The smallest absolute Gasteiger partial charge is 0.242 e. The first-order valence-corrected chi connectivity index (χ1v) is 5.88.